The van der Waals surface area contributed by atoms with Crippen LogP contribution >= 0.6 is 0 Å². The first-order valence-corrected chi connectivity index (χ1v) is 12.8. The summed E-state index contributed by atoms with van der Waals surface area (Å²) < 4.78 is 40.3. The number of hydrogen-bond acceptors (Lipinski definition) is 6. The topological polar surface area (TPSA) is 153 Å². The van der Waals surface area contributed by atoms with Crippen LogP contribution in [0.2, 0.25) is 0 Å². The van der Waals surface area contributed by atoms with Gasteiger partial charge in [-0.25, -0.2) is 14.8 Å². The summed E-state index contributed by atoms with van der Waals surface area (Å²) in [7, 11) is 0. The number of carbonyl (C=O) groups is 2. The molecule has 1 aliphatic heterocycles. The molecule has 0 spiro atoms. The Labute approximate surface area is 238 Å². The minimum atomic E-state index is -4.47. The third kappa shape index (κ3) is 6.18. The summed E-state index contributed by atoms with van der Waals surface area (Å²) in [6.07, 6.45) is -2.32. The second kappa shape index (κ2) is 11.6. The van der Waals surface area contributed by atoms with Crippen LogP contribution in [-0.2, 0) is 19.1 Å². The highest BCUT2D eigenvalue weighted by molar-refractivity contribution is 6.00. The molecule has 4 aromatic rings. The van der Waals surface area contributed by atoms with Crippen LogP contribution in [0, 0.1) is 11.8 Å². The number of nitrogen functional groups attached to an aromatic ring is 1. The van der Waals surface area contributed by atoms with Crippen molar-refractivity contribution >= 4 is 29.3 Å². The molecular formula is C29H25F3N8O2. The number of halogens is 3. The number of nitrogens with zero attached hydrogens (tertiary/aromatic N) is 3. The van der Waals surface area contributed by atoms with Crippen LogP contribution in [0.4, 0.5) is 35.3 Å². The maximum atomic E-state index is 12.8. The Balaban J connectivity index is 1.38. The van der Waals surface area contributed by atoms with Gasteiger partial charge in [0.05, 0.1) is 22.4 Å². The lowest BCUT2D eigenvalue weighted by molar-refractivity contribution is -0.137. The van der Waals surface area contributed by atoms with Gasteiger partial charge in [-0.1, -0.05) is 17.9 Å². The van der Waals surface area contributed by atoms with Gasteiger partial charge in [-0.05, 0) is 48.5 Å². The van der Waals surface area contributed by atoms with Crippen molar-refractivity contribution in [3.63, 3.8) is 0 Å². The number of benzene rings is 2. The lowest BCUT2D eigenvalue weighted by Crippen LogP contribution is -2.32. The van der Waals surface area contributed by atoms with Crippen molar-refractivity contribution < 1.29 is 22.8 Å². The van der Waals surface area contributed by atoms with Crippen molar-refractivity contribution in [1.82, 2.24) is 19.9 Å². The van der Waals surface area contributed by atoms with E-state index in [1.807, 2.05) is 4.57 Å². The Morgan fingerprint density at radius 1 is 1.07 bits per heavy atom. The van der Waals surface area contributed by atoms with Crippen LogP contribution in [0.1, 0.15) is 32.7 Å². The molecule has 5 rings (SSSR count). The smallest absolute Gasteiger partial charge is 0.368 e. The van der Waals surface area contributed by atoms with E-state index in [4.69, 9.17) is 11.5 Å². The fourth-order valence-corrected chi connectivity index (χ4v) is 4.56. The van der Waals surface area contributed by atoms with E-state index in [0.717, 1.165) is 17.8 Å². The second-order valence-electron chi connectivity index (χ2n) is 9.31. The average molecular weight is 575 g/mol. The van der Waals surface area contributed by atoms with Gasteiger partial charge in [-0.15, -0.1) is 0 Å². The molecule has 0 fully saturated rings. The number of aromatic nitrogens is 3. The zero-order chi connectivity index (χ0) is 29.9. The highest BCUT2D eigenvalue weighted by atomic mass is 19.4. The van der Waals surface area contributed by atoms with E-state index in [1.54, 1.807) is 30.3 Å². The van der Waals surface area contributed by atoms with Crippen LogP contribution in [0.25, 0.3) is 11.4 Å². The van der Waals surface area contributed by atoms with Gasteiger partial charge in [-0.3, -0.25) is 4.79 Å². The number of hydrogen-bond donors (Lipinski definition) is 5. The number of alkyl halides is 3. The van der Waals surface area contributed by atoms with Crippen molar-refractivity contribution in [2.75, 3.05) is 29.5 Å². The number of fused-ring (bicyclic) bond motifs is 1. The quantitative estimate of drug-likeness (QED) is 0.229. The predicted octanol–water partition coefficient (Wildman–Crippen LogP) is 3.83. The van der Waals surface area contributed by atoms with Crippen molar-refractivity contribution in [2.45, 2.75) is 19.1 Å². The van der Waals surface area contributed by atoms with Gasteiger partial charge in [0, 0.05) is 54.9 Å². The summed E-state index contributed by atoms with van der Waals surface area (Å²) in [5.41, 5.74) is 15.1. The number of anilines is 3. The van der Waals surface area contributed by atoms with E-state index in [9.17, 15) is 22.8 Å². The molecule has 42 heavy (non-hydrogen) atoms. The Morgan fingerprint density at radius 2 is 1.83 bits per heavy atom. The average Bonchev–Trinajstić information content (AvgIpc) is 3.32. The minimum absolute atomic E-state index is 0.0451. The molecule has 0 aliphatic carbocycles. The lowest BCUT2D eigenvalue weighted by atomic mass is 10.1. The van der Waals surface area contributed by atoms with Gasteiger partial charge < -0.3 is 32.0 Å². The standard InChI is InChI=1S/C29H25F3N8O2/c30-29(31,32)19-6-8-20(9-7-19)37-28(42)38-21-3-1-2-17(14-21)4-5-18-16-36-27(34)39-25(18)24-15-22-23(40(24)13-11-33)10-12-35-26(22)41/h1-3,6-9,14-16H,10-13,33H2,(H,35,41)(H2,34,36,39)(H2,37,38,42). The highest BCUT2D eigenvalue weighted by Gasteiger charge is 2.30. The molecule has 10 nitrogen and oxygen atoms in total. The summed E-state index contributed by atoms with van der Waals surface area (Å²) >= 11 is 0. The number of nitrogens with two attached hydrogens (primary N) is 2. The van der Waals surface area contributed by atoms with Crippen molar-refractivity contribution in [3.05, 3.63) is 88.7 Å². The first kappa shape index (κ1) is 28.2. The molecule has 3 heterocycles. The van der Waals surface area contributed by atoms with Crippen molar-refractivity contribution in [3.8, 4) is 23.2 Å². The Kier molecular flexibility index (Phi) is 7.81. The van der Waals surface area contributed by atoms with Crippen LogP contribution in [0.5, 0.6) is 0 Å². The first-order valence-electron chi connectivity index (χ1n) is 12.8. The molecule has 0 bridgehead atoms. The Morgan fingerprint density at radius 3 is 2.57 bits per heavy atom. The fourth-order valence-electron chi connectivity index (χ4n) is 4.56. The normalized spacial score (nSPS) is 12.5. The summed E-state index contributed by atoms with van der Waals surface area (Å²) in [4.78, 5) is 33.4. The number of amides is 3. The third-order valence-electron chi connectivity index (χ3n) is 6.44. The van der Waals surface area contributed by atoms with Crippen molar-refractivity contribution in [1.29, 1.82) is 0 Å². The Hall–Kier alpha value is -5.35. The van der Waals surface area contributed by atoms with Gasteiger partial charge in [0.25, 0.3) is 5.91 Å². The number of rotatable bonds is 5. The largest absolute Gasteiger partial charge is 0.416 e. The third-order valence-corrected chi connectivity index (χ3v) is 6.44. The zero-order valence-corrected chi connectivity index (χ0v) is 22.0. The zero-order valence-electron chi connectivity index (χ0n) is 22.0. The van der Waals surface area contributed by atoms with E-state index in [0.29, 0.717) is 59.8 Å². The molecule has 214 valence electrons. The van der Waals surface area contributed by atoms with Gasteiger partial charge in [0.1, 0.15) is 5.69 Å². The lowest BCUT2D eigenvalue weighted by Gasteiger charge is -2.17. The summed E-state index contributed by atoms with van der Waals surface area (Å²) in [5, 5.41) is 7.97. The molecule has 0 saturated heterocycles. The van der Waals surface area contributed by atoms with Crippen LogP contribution < -0.4 is 27.4 Å². The molecule has 3 amide bonds. The SMILES string of the molecule is NCCn1c(-c2nc(N)ncc2C#Cc2cccc(NC(=O)Nc3ccc(C(F)(F)F)cc3)c2)cc2c1CCNC2=O. The van der Waals surface area contributed by atoms with Crippen LogP contribution in [-0.4, -0.2) is 39.6 Å². The predicted molar refractivity (Wildman–Crippen MR) is 151 cm³/mol. The van der Waals surface area contributed by atoms with Crippen molar-refractivity contribution in [2.24, 2.45) is 5.73 Å². The minimum Gasteiger partial charge on any atom is -0.368 e. The molecular weight excluding hydrogens is 549 g/mol. The van der Waals surface area contributed by atoms with E-state index in [2.05, 4.69) is 37.8 Å². The molecule has 0 unspecified atom stereocenters. The second-order valence-corrected chi connectivity index (χ2v) is 9.31. The van der Waals surface area contributed by atoms with Crippen LogP contribution in [0.3, 0.4) is 0 Å². The summed E-state index contributed by atoms with van der Waals surface area (Å²) in [5.74, 6) is 5.97. The monoisotopic (exact) mass is 574 g/mol. The molecule has 1 aliphatic rings. The van der Waals surface area contributed by atoms with E-state index in [-0.39, 0.29) is 17.5 Å². The van der Waals surface area contributed by atoms with Crippen LogP contribution in [0.15, 0.2) is 60.8 Å². The highest BCUT2D eigenvalue weighted by Crippen LogP contribution is 2.31. The molecule has 7 N–H and O–H groups in total. The van der Waals surface area contributed by atoms with Gasteiger partial charge in [-0.2, -0.15) is 13.2 Å². The maximum Gasteiger partial charge on any atom is 0.416 e. The molecule has 0 radical (unpaired) electrons. The number of urea groups is 1. The van der Waals surface area contributed by atoms with Gasteiger partial charge in [0.15, 0.2) is 0 Å². The summed E-state index contributed by atoms with van der Waals surface area (Å²) in [6.45, 7) is 1.34. The molecule has 0 atom stereocenters. The van der Waals surface area contributed by atoms with E-state index in [1.165, 1.54) is 18.3 Å². The molecule has 2 aromatic carbocycles. The molecule has 0 saturated carbocycles. The van der Waals surface area contributed by atoms with Gasteiger partial charge >= 0.3 is 12.2 Å². The summed E-state index contributed by atoms with van der Waals surface area (Å²) in [6, 6.07) is 11.9. The molecule has 13 heteroatoms. The van der Waals surface area contributed by atoms with E-state index < -0.39 is 17.8 Å². The first-order chi connectivity index (χ1) is 20.1. The number of nitrogens with one attached hydrogen (secondary N) is 3. The van der Waals surface area contributed by atoms with Gasteiger partial charge in [0.2, 0.25) is 5.95 Å². The maximum absolute atomic E-state index is 12.8. The fraction of sp³-hybridized carbons (Fsp3) is 0.172. The van der Waals surface area contributed by atoms with E-state index >= 15 is 0 Å². The Bertz CT molecular complexity index is 1720. The molecule has 2 aromatic heterocycles. The number of carbonyl (C=O) groups excluding carboxylic acids is 2.